The fourth-order valence-electron chi connectivity index (χ4n) is 3.28. The molecule has 2 aromatic rings. The van der Waals surface area contributed by atoms with Crippen molar-refractivity contribution in [3.63, 3.8) is 0 Å². The first-order valence-corrected chi connectivity index (χ1v) is 8.38. The van der Waals surface area contributed by atoms with Crippen molar-refractivity contribution in [1.29, 1.82) is 0 Å². The average molecular weight is 350 g/mol. The van der Waals surface area contributed by atoms with E-state index in [9.17, 15) is 4.79 Å². The number of carbonyl (C=O) groups is 1. The van der Waals surface area contributed by atoms with Gasteiger partial charge < -0.3 is 4.90 Å². The summed E-state index contributed by atoms with van der Waals surface area (Å²) in [4.78, 5) is 14.3. The number of nitrogens with zero attached hydrogens (tertiary/aromatic N) is 2. The van der Waals surface area contributed by atoms with Gasteiger partial charge in [-0.2, -0.15) is 5.10 Å². The number of aromatic amines is 1. The number of hydrogen-bond acceptors (Lipinski definition) is 2. The van der Waals surface area contributed by atoms with Gasteiger partial charge in [0.25, 0.3) is 0 Å². The summed E-state index contributed by atoms with van der Waals surface area (Å²) in [5.74, 6) is 0.240. The first-order chi connectivity index (χ1) is 10.2. The molecule has 3 rings (SSSR count). The quantitative estimate of drug-likeness (QED) is 0.918. The van der Waals surface area contributed by atoms with Gasteiger partial charge in [0, 0.05) is 35.3 Å². The van der Waals surface area contributed by atoms with Gasteiger partial charge in [-0.3, -0.25) is 9.89 Å². The minimum atomic E-state index is 0.218. The van der Waals surface area contributed by atoms with Crippen LogP contribution in [0.3, 0.4) is 0 Å². The second kappa shape index (κ2) is 5.79. The summed E-state index contributed by atoms with van der Waals surface area (Å²) in [6.45, 7) is 4.88. The molecule has 0 fully saturated rings. The molecule has 1 aromatic heterocycles. The Morgan fingerprint density at radius 1 is 1.43 bits per heavy atom. The van der Waals surface area contributed by atoms with Crippen molar-refractivity contribution in [2.24, 2.45) is 0 Å². The number of hydrogen-bond donors (Lipinski definition) is 1. The number of amides is 1. The van der Waals surface area contributed by atoms with E-state index >= 15 is 0 Å². The second-order valence-corrected chi connectivity index (χ2v) is 6.48. The lowest BCUT2D eigenvalue weighted by molar-refractivity contribution is -0.133. The highest BCUT2D eigenvalue weighted by Crippen LogP contribution is 2.34. The minimum Gasteiger partial charge on any atom is -0.339 e. The summed E-state index contributed by atoms with van der Waals surface area (Å²) in [5, 5.41) is 8.81. The maximum atomic E-state index is 12.3. The lowest BCUT2D eigenvalue weighted by atomic mass is 9.89. The van der Waals surface area contributed by atoms with Crippen LogP contribution in [0.5, 0.6) is 0 Å². The first kappa shape index (κ1) is 14.6. The van der Waals surface area contributed by atoms with E-state index in [0.717, 1.165) is 41.5 Å². The summed E-state index contributed by atoms with van der Waals surface area (Å²) in [7, 11) is 0. The van der Waals surface area contributed by atoms with Crippen LogP contribution >= 0.6 is 15.9 Å². The molecule has 1 atom stereocenters. The molecule has 21 heavy (non-hydrogen) atoms. The maximum Gasteiger partial charge on any atom is 0.222 e. The predicted molar refractivity (Wildman–Crippen MR) is 87.3 cm³/mol. The molecule has 1 amide bonds. The zero-order chi connectivity index (χ0) is 15.0. The molecule has 0 spiro atoms. The van der Waals surface area contributed by atoms with Crippen molar-refractivity contribution in [3.05, 3.63) is 27.9 Å². The molecule has 0 aliphatic heterocycles. The molecule has 1 unspecified atom stereocenters. The van der Waals surface area contributed by atoms with Crippen LogP contribution in [0.15, 0.2) is 16.6 Å². The van der Waals surface area contributed by atoms with Crippen LogP contribution in [0.4, 0.5) is 0 Å². The van der Waals surface area contributed by atoms with Crippen molar-refractivity contribution in [1.82, 2.24) is 15.1 Å². The number of aromatic nitrogens is 2. The van der Waals surface area contributed by atoms with Crippen LogP contribution in [0.1, 0.15) is 37.9 Å². The predicted octanol–water partition coefficient (Wildman–Crippen LogP) is 3.44. The Balaban J connectivity index is 1.99. The summed E-state index contributed by atoms with van der Waals surface area (Å²) in [6.07, 6.45) is 3.29. The van der Waals surface area contributed by atoms with Crippen molar-refractivity contribution in [3.8, 4) is 0 Å². The molecule has 0 bridgehead atoms. The van der Waals surface area contributed by atoms with E-state index in [1.807, 2.05) is 11.8 Å². The van der Waals surface area contributed by atoms with Crippen molar-refractivity contribution in [2.45, 2.75) is 45.6 Å². The third-order valence-electron chi connectivity index (χ3n) is 4.25. The van der Waals surface area contributed by atoms with Crippen LogP contribution in [0.25, 0.3) is 10.9 Å². The van der Waals surface area contributed by atoms with Crippen LogP contribution in [-0.4, -0.2) is 33.6 Å². The molecule has 1 aliphatic rings. The van der Waals surface area contributed by atoms with Gasteiger partial charge in [0.05, 0.1) is 11.2 Å². The van der Waals surface area contributed by atoms with E-state index in [2.05, 4.69) is 45.2 Å². The number of nitrogens with one attached hydrogen (secondary N) is 1. The standard InChI is InChI=1S/C16H20BrN3O/c1-3-7-20(15(21)4-2)10-8-11-12(17)5-6-13-16(11)14(9-10)19-18-13/h5-6,10H,3-4,7-9H2,1-2H3,(H,18,19). The Labute approximate surface area is 133 Å². The van der Waals surface area contributed by atoms with Gasteiger partial charge in [0.15, 0.2) is 0 Å². The summed E-state index contributed by atoms with van der Waals surface area (Å²) >= 11 is 3.65. The van der Waals surface area contributed by atoms with Crippen LogP contribution < -0.4 is 0 Å². The largest absolute Gasteiger partial charge is 0.339 e. The van der Waals surface area contributed by atoms with E-state index in [1.54, 1.807) is 0 Å². The fraction of sp³-hybridized carbons (Fsp3) is 0.500. The smallest absolute Gasteiger partial charge is 0.222 e. The van der Waals surface area contributed by atoms with Crippen LogP contribution in [0, 0.1) is 0 Å². The molecule has 5 heteroatoms. The van der Waals surface area contributed by atoms with Gasteiger partial charge in [-0.05, 0) is 30.5 Å². The molecule has 0 radical (unpaired) electrons. The van der Waals surface area contributed by atoms with Crippen LogP contribution in [0.2, 0.25) is 0 Å². The van der Waals surface area contributed by atoms with Crippen molar-refractivity contribution >= 4 is 32.7 Å². The normalized spacial score (nSPS) is 17.2. The topological polar surface area (TPSA) is 49.0 Å². The number of halogens is 1. The minimum absolute atomic E-state index is 0.218. The molecule has 0 saturated carbocycles. The molecule has 1 heterocycles. The van der Waals surface area contributed by atoms with Crippen molar-refractivity contribution in [2.75, 3.05) is 6.54 Å². The van der Waals surface area contributed by atoms with Gasteiger partial charge in [0.1, 0.15) is 0 Å². The highest BCUT2D eigenvalue weighted by molar-refractivity contribution is 9.10. The summed E-state index contributed by atoms with van der Waals surface area (Å²) < 4.78 is 1.11. The number of H-pyrrole nitrogens is 1. The van der Waals surface area contributed by atoms with Gasteiger partial charge in [-0.15, -0.1) is 0 Å². The van der Waals surface area contributed by atoms with E-state index < -0.39 is 0 Å². The average Bonchev–Trinajstić information content (AvgIpc) is 2.91. The molecule has 4 nitrogen and oxygen atoms in total. The number of rotatable bonds is 4. The Kier molecular flexibility index (Phi) is 4.02. The zero-order valence-corrected chi connectivity index (χ0v) is 14.0. The molecular weight excluding hydrogens is 330 g/mol. The molecule has 1 N–H and O–H groups in total. The van der Waals surface area contributed by atoms with E-state index in [4.69, 9.17) is 0 Å². The Morgan fingerprint density at radius 3 is 2.95 bits per heavy atom. The summed E-state index contributed by atoms with van der Waals surface area (Å²) in [6, 6.07) is 4.34. The summed E-state index contributed by atoms with van der Waals surface area (Å²) in [5.41, 5.74) is 3.45. The van der Waals surface area contributed by atoms with Gasteiger partial charge in [-0.25, -0.2) is 0 Å². The first-order valence-electron chi connectivity index (χ1n) is 7.59. The lowest BCUT2D eigenvalue weighted by Crippen LogP contribution is -2.44. The Hall–Kier alpha value is -1.36. The third kappa shape index (κ3) is 2.48. The van der Waals surface area contributed by atoms with E-state index in [1.165, 1.54) is 10.9 Å². The van der Waals surface area contributed by atoms with Crippen molar-refractivity contribution < 1.29 is 4.79 Å². The molecule has 112 valence electrons. The maximum absolute atomic E-state index is 12.3. The molecule has 0 saturated heterocycles. The fourth-order valence-corrected chi connectivity index (χ4v) is 3.77. The lowest BCUT2D eigenvalue weighted by Gasteiger charge is -2.34. The molecule has 1 aromatic carbocycles. The number of benzene rings is 1. The highest BCUT2D eigenvalue weighted by Gasteiger charge is 2.30. The van der Waals surface area contributed by atoms with Crippen LogP contribution in [-0.2, 0) is 17.6 Å². The van der Waals surface area contributed by atoms with Gasteiger partial charge >= 0.3 is 0 Å². The van der Waals surface area contributed by atoms with E-state index in [-0.39, 0.29) is 11.9 Å². The zero-order valence-electron chi connectivity index (χ0n) is 12.4. The van der Waals surface area contributed by atoms with E-state index in [0.29, 0.717) is 6.42 Å². The Morgan fingerprint density at radius 2 is 2.24 bits per heavy atom. The van der Waals surface area contributed by atoms with Gasteiger partial charge in [0.2, 0.25) is 5.91 Å². The second-order valence-electron chi connectivity index (χ2n) is 5.62. The third-order valence-corrected chi connectivity index (χ3v) is 5.00. The monoisotopic (exact) mass is 349 g/mol. The SMILES string of the molecule is CCCN(C(=O)CC)C1Cc2n[nH]c3ccc(Br)c(c23)C1. The Bertz CT molecular complexity index is 679. The molecule has 1 aliphatic carbocycles. The number of carbonyl (C=O) groups excluding carboxylic acids is 1. The molecular formula is C16H20BrN3O. The van der Waals surface area contributed by atoms with Gasteiger partial charge in [-0.1, -0.05) is 29.8 Å². The highest BCUT2D eigenvalue weighted by atomic mass is 79.9.